The topological polar surface area (TPSA) is 55.2 Å². The summed E-state index contributed by atoms with van der Waals surface area (Å²) in [5, 5.41) is 14.3. The van der Waals surface area contributed by atoms with Gasteiger partial charge in [-0.25, -0.2) is 0 Å². The van der Waals surface area contributed by atoms with Gasteiger partial charge in [0.05, 0.1) is 4.92 Å². The Morgan fingerprint density at radius 3 is 2.33 bits per heavy atom. The minimum Gasteiger partial charge on any atom is -0.381 e. The first-order valence-corrected chi connectivity index (χ1v) is 7.43. The number of non-ortho nitro benzene ring substituents is 1. The molecule has 0 heterocycles. The lowest BCUT2D eigenvalue weighted by Crippen LogP contribution is -2.24. The Morgan fingerprint density at radius 1 is 1.28 bits per heavy atom. The zero-order valence-electron chi connectivity index (χ0n) is 9.93. The molecular formula is C13H15IN2O2. The van der Waals surface area contributed by atoms with Gasteiger partial charge in [0.2, 0.25) is 0 Å². The number of nitro groups is 1. The van der Waals surface area contributed by atoms with Gasteiger partial charge >= 0.3 is 0 Å². The van der Waals surface area contributed by atoms with E-state index in [0.29, 0.717) is 6.04 Å². The number of nitro benzene ring substituents is 1. The summed E-state index contributed by atoms with van der Waals surface area (Å²) in [6.07, 6.45) is 5.32. The minimum absolute atomic E-state index is 0.166. The largest absolute Gasteiger partial charge is 0.381 e. The second kappa shape index (κ2) is 4.68. The van der Waals surface area contributed by atoms with Crippen LogP contribution in [0.4, 0.5) is 11.4 Å². The molecule has 2 aliphatic rings. The van der Waals surface area contributed by atoms with Crippen molar-refractivity contribution < 1.29 is 4.92 Å². The minimum atomic E-state index is -0.342. The van der Waals surface area contributed by atoms with Gasteiger partial charge in [-0.2, -0.15) is 0 Å². The van der Waals surface area contributed by atoms with Crippen LogP contribution in [0.2, 0.25) is 0 Å². The third kappa shape index (κ3) is 2.60. The molecule has 0 aromatic heterocycles. The van der Waals surface area contributed by atoms with Gasteiger partial charge in [0.25, 0.3) is 5.69 Å². The van der Waals surface area contributed by atoms with Crippen molar-refractivity contribution in [3.63, 3.8) is 0 Å². The summed E-state index contributed by atoms with van der Waals surface area (Å²) in [6, 6.07) is 5.65. The Labute approximate surface area is 119 Å². The van der Waals surface area contributed by atoms with Gasteiger partial charge in [-0.3, -0.25) is 10.1 Å². The Bertz CT molecular complexity index is 472. The highest BCUT2D eigenvalue weighted by Crippen LogP contribution is 2.46. The van der Waals surface area contributed by atoms with E-state index in [4.69, 9.17) is 0 Å². The molecule has 2 saturated carbocycles. The Morgan fingerprint density at radius 2 is 1.89 bits per heavy atom. The maximum atomic E-state index is 10.7. The molecule has 2 fully saturated rings. The highest BCUT2D eigenvalue weighted by Gasteiger charge is 2.41. The summed E-state index contributed by atoms with van der Waals surface area (Å²) in [4.78, 5) is 10.4. The van der Waals surface area contributed by atoms with Crippen molar-refractivity contribution >= 4 is 34.0 Å². The molecule has 0 unspecified atom stereocenters. The first kappa shape index (κ1) is 12.2. The van der Waals surface area contributed by atoms with Gasteiger partial charge in [-0.05, 0) is 66.2 Å². The molecule has 1 aromatic rings. The second-order valence-electron chi connectivity index (χ2n) is 5.27. The molecule has 96 valence electrons. The molecular weight excluding hydrogens is 343 g/mol. The van der Waals surface area contributed by atoms with Crippen molar-refractivity contribution in [1.82, 2.24) is 0 Å². The van der Waals surface area contributed by atoms with Crippen molar-refractivity contribution in [1.29, 1.82) is 0 Å². The van der Waals surface area contributed by atoms with E-state index in [-0.39, 0.29) is 10.6 Å². The number of nitrogens with one attached hydrogen (secondary N) is 1. The molecule has 0 amide bonds. The van der Waals surface area contributed by atoms with Gasteiger partial charge in [0.1, 0.15) is 0 Å². The van der Waals surface area contributed by atoms with E-state index in [9.17, 15) is 10.1 Å². The Balaban J connectivity index is 1.77. The van der Waals surface area contributed by atoms with E-state index in [1.54, 1.807) is 12.1 Å². The third-order valence-corrected chi connectivity index (χ3v) is 4.64. The zero-order chi connectivity index (χ0) is 12.7. The van der Waals surface area contributed by atoms with E-state index < -0.39 is 0 Å². The highest BCUT2D eigenvalue weighted by atomic mass is 127. The molecule has 4 nitrogen and oxygen atoms in total. The van der Waals surface area contributed by atoms with Crippen molar-refractivity contribution in [3.05, 3.63) is 31.9 Å². The third-order valence-electron chi connectivity index (χ3n) is 3.75. The monoisotopic (exact) mass is 358 g/mol. The lowest BCUT2D eigenvalue weighted by molar-refractivity contribution is -0.384. The Hall–Kier alpha value is -0.850. The van der Waals surface area contributed by atoms with Crippen LogP contribution in [-0.4, -0.2) is 11.0 Å². The Kier molecular flexibility index (Phi) is 3.17. The number of benzene rings is 1. The van der Waals surface area contributed by atoms with Crippen LogP contribution in [0.25, 0.3) is 0 Å². The van der Waals surface area contributed by atoms with Crippen molar-refractivity contribution in [2.24, 2.45) is 11.8 Å². The number of nitrogens with zero attached hydrogens (tertiary/aromatic N) is 1. The fourth-order valence-corrected chi connectivity index (χ4v) is 3.10. The molecule has 1 aromatic carbocycles. The van der Waals surface area contributed by atoms with E-state index in [0.717, 1.165) is 21.1 Å². The van der Waals surface area contributed by atoms with Gasteiger partial charge in [0.15, 0.2) is 0 Å². The van der Waals surface area contributed by atoms with E-state index >= 15 is 0 Å². The van der Waals surface area contributed by atoms with Crippen molar-refractivity contribution in [2.45, 2.75) is 31.7 Å². The fourth-order valence-electron chi connectivity index (χ4n) is 2.45. The van der Waals surface area contributed by atoms with Crippen LogP contribution in [0.5, 0.6) is 0 Å². The first-order valence-electron chi connectivity index (χ1n) is 6.35. The molecule has 2 aliphatic carbocycles. The summed E-state index contributed by atoms with van der Waals surface area (Å²) in [6.45, 7) is 0. The molecule has 3 rings (SSSR count). The summed E-state index contributed by atoms with van der Waals surface area (Å²) >= 11 is 2.17. The van der Waals surface area contributed by atoms with Crippen molar-refractivity contribution in [3.8, 4) is 0 Å². The van der Waals surface area contributed by atoms with E-state index in [2.05, 4.69) is 27.9 Å². The maximum Gasteiger partial charge on any atom is 0.270 e. The average molecular weight is 358 g/mol. The van der Waals surface area contributed by atoms with Crippen LogP contribution in [0, 0.1) is 25.5 Å². The predicted octanol–water partition coefficient (Wildman–Crippen LogP) is 3.80. The van der Waals surface area contributed by atoms with Gasteiger partial charge in [0, 0.05) is 27.4 Å². The number of hydrogen-bond donors (Lipinski definition) is 1. The number of halogens is 1. The molecule has 0 radical (unpaired) electrons. The summed E-state index contributed by atoms with van der Waals surface area (Å²) in [5.74, 6) is 1.65. The molecule has 5 heteroatoms. The number of hydrogen-bond acceptors (Lipinski definition) is 3. The van der Waals surface area contributed by atoms with Gasteiger partial charge < -0.3 is 5.32 Å². The lowest BCUT2D eigenvalue weighted by Gasteiger charge is -2.19. The summed E-state index contributed by atoms with van der Waals surface area (Å²) in [5.41, 5.74) is 1.21. The SMILES string of the molecule is O=[N+]([O-])c1ccc(NC(C2CC2)C2CC2)c(I)c1. The summed E-state index contributed by atoms with van der Waals surface area (Å²) in [7, 11) is 0. The predicted molar refractivity (Wildman–Crippen MR) is 78.7 cm³/mol. The zero-order valence-corrected chi connectivity index (χ0v) is 12.1. The van der Waals surface area contributed by atoms with Crippen LogP contribution in [0.3, 0.4) is 0 Å². The van der Waals surface area contributed by atoms with Crippen LogP contribution in [0.1, 0.15) is 25.7 Å². The fraction of sp³-hybridized carbons (Fsp3) is 0.538. The molecule has 0 spiro atoms. The van der Waals surface area contributed by atoms with Crippen LogP contribution in [-0.2, 0) is 0 Å². The molecule has 0 atom stereocenters. The van der Waals surface area contributed by atoms with Crippen molar-refractivity contribution in [2.75, 3.05) is 5.32 Å². The first-order chi connectivity index (χ1) is 8.65. The standard InChI is InChI=1S/C13H15IN2O2/c14-11-7-10(16(17)18)5-6-12(11)15-13(8-1-2-8)9-3-4-9/h5-9,13,15H,1-4H2. The average Bonchev–Trinajstić information content (AvgIpc) is 3.19. The van der Waals surface area contributed by atoms with Gasteiger partial charge in [-0.15, -0.1) is 0 Å². The van der Waals surface area contributed by atoms with E-state index in [1.165, 1.54) is 25.7 Å². The summed E-state index contributed by atoms with van der Waals surface area (Å²) < 4.78 is 0.938. The molecule has 18 heavy (non-hydrogen) atoms. The van der Waals surface area contributed by atoms with Crippen LogP contribution in [0.15, 0.2) is 18.2 Å². The second-order valence-corrected chi connectivity index (χ2v) is 6.43. The molecule has 1 N–H and O–H groups in total. The molecule has 0 saturated heterocycles. The normalized spacial score (nSPS) is 19.0. The van der Waals surface area contributed by atoms with Gasteiger partial charge in [-0.1, -0.05) is 0 Å². The quantitative estimate of drug-likeness (QED) is 0.495. The highest BCUT2D eigenvalue weighted by molar-refractivity contribution is 14.1. The molecule has 0 aliphatic heterocycles. The molecule has 0 bridgehead atoms. The lowest BCUT2D eigenvalue weighted by atomic mass is 10.1. The number of rotatable bonds is 5. The van der Waals surface area contributed by atoms with Crippen LogP contribution >= 0.6 is 22.6 Å². The smallest absolute Gasteiger partial charge is 0.270 e. The maximum absolute atomic E-state index is 10.7. The van der Waals surface area contributed by atoms with Crippen LogP contribution < -0.4 is 5.32 Å². The van der Waals surface area contributed by atoms with E-state index in [1.807, 2.05) is 6.07 Å². The number of anilines is 1.